The van der Waals surface area contributed by atoms with Crippen LogP contribution < -0.4 is 42.0 Å². The van der Waals surface area contributed by atoms with E-state index in [0.29, 0.717) is 71.1 Å². The van der Waals surface area contributed by atoms with Crippen molar-refractivity contribution in [3.63, 3.8) is 0 Å². The zero-order valence-electron chi connectivity index (χ0n) is 42.3. The standard InChI is InChI=1S/C56H57F3N12O6/c1-4-47(72)65-42-24-32(7-9-38(42)56(57,58)59)39-23-33(13-19-62-39)40-28-37-50(68-40)55(16-6-18-61-31-55)45(69-53(37)76)11-12-48(73)66-43-25-35(8-10-44(43)77-22-21-71(2)3)51(74)70-46-26-34(14-20-63-46)41-27-36-49(67-41)54(30-64-52(36)75)15-5-17-60-29-54/h4,7-14,19-20,23-28,45,60-61,67-68H,1,5-6,15-18,21-22,29-31H2,2-3H3,(H,64,75)(H,65,72)(H,66,73)(H,69,76)(H,63,70,74)/b12-11+. The van der Waals surface area contributed by atoms with E-state index in [1.807, 2.05) is 25.1 Å². The predicted octanol–water partition coefficient (Wildman–Crippen LogP) is 6.76. The first kappa shape index (κ1) is 52.1. The summed E-state index contributed by atoms with van der Waals surface area (Å²) in [5, 5.41) is 21.1. The number of alkyl halides is 3. The lowest BCUT2D eigenvalue weighted by Gasteiger charge is -2.45. The molecule has 3 unspecified atom stereocenters. The van der Waals surface area contributed by atoms with Crippen LogP contribution >= 0.6 is 0 Å². The van der Waals surface area contributed by atoms with Crippen molar-refractivity contribution in [1.82, 2.24) is 46.1 Å². The lowest BCUT2D eigenvalue weighted by molar-refractivity contribution is -0.137. The number of hydrogen-bond acceptors (Lipinski definition) is 11. The van der Waals surface area contributed by atoms with Crippen molar-refractivity contribution in [1.29, 1.82) is 0 Å². The number of carbonyl (C=O) groups excluding carboxylic acids is 5. The maximum absolute atomic E-state index is 14.0. The number of likely N-dealkylation sites (N-methyl/N-ethyl adjacent to an activating group) is 1. The molecule has 398 valence electrons. The van der Waals surface area contributed by atoms with Gasteiger partial charge in [0.25, 0.3) is 17.7 Å². The van der Waals surface area contributed by atoms with E-state index in [0.717, 1.165) is 68.0 Å². The fourth-order valence-electron chi connectivity index (χ4n) is 10.7. The average Bonchev–Trinajstić information content (AvgIpc) is 4.27. The Morgan fingerprint density at radius 3 is 2.21 bits per heavy atom. The second-order valence-electron chi connectivity index (χ2n) is 20.1. The Labute approximate surface area is 441 Å². The van der Waals surface area contributed by atoms with Gasteiger partial charge < -0.3 is 56.8 Å². The largest absolute Gasteiger partial charge is 0.490 e. The summed E-state index contributed by atoms with van der Waals surface area (Å²) < 4.78 is 47.8. The second-order valence-corrected chi connectivity index (χ2v) is 20.1. The number of nitrogens with one attached hydrogen (secondary N) is 9. The van der Waals surface area contributed by atoms with Gasteiger partial charge in [-0.25, -0.2) is 4.98 Å². The van der Waals surface area contributed by atoms with Crippen molar-refractivity contribution in [3.8, 4) is 39.5 Å². The van der Waals surface area contributed by atoms with E-state index in [4.69, 9.17) is 4.74 Å². The first-order valence-electron chi connectivity index (χ1n) is 25.3. The highest BCUT2D eigenvalue weighted by atomic mass is 19.4. The van der Waals surface area contributed by atoms with Gasteiger partial charge in [0.2, 0.25) is 11.8 Å². The van der Waals surface area contributed by atoms with E-state index < -0.39 is 46.6 Å². The molecule has 5 amide bonds. The summed E-state index contributed by atoms with van der Waals surface area (Å²) in [6, 6.07) is 17.9. The summed E-state index contributed by atoms with van der Waals surface area (Å²) in [5.41, 5.74) is 3.78. The molecule has 21 heteroatoms. The SMILES string of the molecule is C=CC(=O)Nc1cc(-c2cc(-c3cc4c([nH]3)C3(CCCNC3)C(/C=C/C(=O)Nc3cc(C(=O)Nc5cc(-c6cc7c([nH]6)C6(CCCNC6)CNC7=O)ccn5)ccc3OCCN(C)C)NC4=O)ccn2)ccc1C(F)(F)F. The molecule has 9 N–H and O–H groups in total. The normalized spacial score (nSPS) is 20.1. The molecule has 2 aromatic carbocycles. The number of anilines is 3. The van der Waals surface area contributed by atoms with Gasteiger partial charge in [0, 0.05) is 101 Å². The Bertz CT molecular complexity index is 3330. The summed E-state index contributed by atoms with van der Waals surface area (Å²) in [4.78, 5) is 84.8. The zero-order chi connectivity index (χ0) is 54.1. The first-order chi connectivity index (χ1) is 37.0. The molecule has 3 atom stereocenters. The number of pyridine rings is 2. The fourth-order valence-corrected chi connectivity index (χ4v) is 10.7. The van der Waals surface area contributed by atoms with Gasteiger partial charge in [0.15, 0.2) is 0 Å². The van der Waals surface area contributed by atoms with Gasteiger partial charge in [-0.15, -0.1) is 0 Å². The van der Waals surface area contributed by atoms with Crippen LogP contribution in [-0.2, 0) is 26.6 Å². The summed E-state index contributed by atoms with van der Waals surface area (Å²) >= 11 is 0. The Morgan fingerprint density at radius 2 is 1.49 bits per heavy atom. The summed E-state index contributed by atoms with van der Waals surface area (Å²) in [5.74, 6) is -1.77. The molecular weight excluding hydrogens is 994 g/mol. The van der Waals surface area contributed by atoms with Crippen molar-refractivity contribution in [2.75, 3.05) is 75.9 Å². The maximum atomic E-state index is 14.0. The Balaban J connectivity index is 0.881. The minimum absolute atomic E-state index is 0.136. The van der Waals surface area contributed by atoms with E-state index in [-0.39, 0.29) is 40.9 Å². The third-order valence-electron chi connectivity index (χ3n) is 14.7. The van der Waals surface area contributed by atoms with Crippen molar-refractivity contribution in [2.45, 2.75) is 48.7 Å². The lowest BCUT2D eigenvalue weighted by Crippen LogP contribution is -2.60. The molecule has 10 rings (SSSR count). The Kier molecular flexibility index (Phi) is 14.4. The van der Waals surface area contributed by atoms with Gasteiger partial charge in [0.05, 0.1) is 39.8 Å². The van der Waals surface area contributed by atoms with Gasteiger partial charge in [-0.1, -0.05) is 18.7 Å². The lowest BCUT2D eigenvalue weighted by atomic mass is 9.68. The number of rotatable bonds is 14. The molecule has 77 heavy (non-hydrogen) atoms. The molecule has 2 saturated heterocycles. The molecule has 0 radical (unpaired) electrons. The Hall–Kier alpha value is -8.40. The van der Waals surface area contributed by atoms with Crippen molar-refractivity contribution in [2.24, 2.45) is 0 Å². The van der Waals surface area contributed by atoms with Gasteiger partial charge in [0.1, 0.15) is 18.2 Å². The van der Waals surface area contributed by atoms with Crippen LogP contribution in [0, 0.1) is 0 Å². The molecule has 0 bridgehead atoms. The molecule has 0 saturated carbocycles. The highest BCUT2D eigenvalue weighted by Crippen LogP contribution is 2.43. The number of aromatic amines is 2. The number of aromatic nitrogens is 4. The van der Waals surface area contributed by atoms with Gasteiger partial charge in [-0.05, 0) is 126 Å². The molecule has 4 aromatic heterocycles. The number of benzene rings is 2. The number of fused-ring (bicyclic) bond motifs is 4. The molecule has 0 aliphatic carbocycles. The molecule has 4 aliphatic heterocycles. The summed E-state index contributed by atoms with van der Waals surface area (Å²) in [6.07, 6.45) is 5.54. The number of H-pyrrole nitrogens is 2. The van der Waals surface area contributed by atoms with Crippen LogP contribution in [0.3, 0.4) is 0 Å². The summed E-state index contributed by atoms with van der Waals surface area (Å²) in [7, 11) is 3.81. The molecule has 6 aromatic rings. The van der Waals surface area contributed by atoms with E-state index in [2.05, 4.69) is 63.7 Å². The first-order valence-corrected chi connectivity index (χ1v) is 25.3. The molecule has 18 nitrogen and oxygen atoms in total. The van der Waals surface area contributed by atoms with Crippen LogP contribution in [0.5, 0.6) is 5.75 Å². The second kappa shape index (κ2) is 21.3. The van der Waals surface area contributed by atoms with Crippen molar-refractivity contribution < 1.29 is 41.9 Å². The minimum atomic E-state index is -4.74. The van der Waals surface area contributed by atoms with Gasteiger partial charge in [-0.3, -0.25) is 29.0 Å². The molecule has 4 aliphatic rings. The molecule has 8 heterocycles. The topological polar surface area (TPSA) is 239 Å². The highest BCUT2D eigenvalue weighted by Gasteiger charge is 2.48. The Morgan fingerprint density at radius 1 is 0.779 bits per heavy atom. The third kappa shape index (κ3) is 10.7. The molecular formula is C56H57F3N12O6. The van der Waals surface area contributed by atoms with Crippen molar-refractivity contribution >= 4 is 46.7 Å². The maximum Gasteiger partial charge on any atom is 0.418 e. The average molecular weight is 1050 g/mol. The van der Waals surface area contributed by atoms with Crippen LogP contribution in [0.25, 0.3) is 33.8 Å². The molecule has 2 fully saturated rings. The number of amides is 5. The number of hydrogen-bond donors (Lipinski definition) is 9. The van der Waals surface area contributed by atoms with Gasteiger partial charge >= 0.3 is 6.18 Å². The number of ether oxygens (including phenoxy) is 1. The van der Waals surface area contributed by atoms with E-state index >= 15 is 0 Å². The zero-order valence-corrected chi connectivity index (χ0v) is 42.3. The minimum Gasteiger partial charge on any atom is -0.490 e. The van der Waals surface area contributed by atoms with E-state index in [1.54, 1.807) is 54.7 Å². The smallest absolute Gasteiger partial charge is 0.418 e. The molecule has 2 spiro atoms. The number of carbonyl (C=O) groups is 5. The number of halogens is 3. The van der Waals surface area contributed by atoms with Crippen molar-refractivity contribution in [3.05, 3.63) is 144 Å². The quantitative estimate of drug-likeness (QED) is 0.0517. The van der Waals surface area contributed by atoms with Crippen LogP contribution in [0.4, 0.5) is 30.4 Å². The highest BCUT2D eigenvalue weighted by molar-refractivity contribution is 6.07. The number of nitrogens with zero attached hydrogens (tertiary/aromatic N) is 3. The monoisotopic (exact) mass is 1050 g/mol. The van der Waals surface area contributed by atoms with Gasteiger partial charge in [-0.2, -0.15) is 13.2 Å². The van der Waals surface area contributed by atoms with E-state index in [1.165, 1.54) is 30.5 Å². The summed E-state index contributed by atoms with van der Waals surface area (Å²) in [6.45, 7) is 7.59. The predicted molar refractivity (Wildman–Crippen MR) is 285 cm³/mol. The fraction of sp³-hybridized carbons (Fsp3) is 0.304. The third-order valence-corrected chi connectivity index (χ3v) is 14.7. The number of piperidine rings is 2. The van der Waals surface area contributed by atoms with E-state index in [9.17, 15) is 37.1 Å². The van der Waals surface area contributed by atoms with Crippen LogP contribution in [0.1, 0.15) is 73.7 Å². The van der Waals surface area contributed by atoms with Crippen LogP contribution in [-0.4, -0.2) is 120 Å². The van der Waals surface area contributed by atoms with Crippen LogP contribution in [0.15, 0.2) is 110 Å². The van der Waals surface area contributed by atoms with Crippen LogP contribution in [0.2, 0.25) is 0 Å².